The number of nitrogens with two attached hydrogens (primary N) is 1. The molecule has 0 bridgehead atoms. The Balaban J connectivity index is 0.00000192. The van der Waals surface area contributed by atoms with E-state index in [4.69, 9.17) is 33.0 Å². The van der Waals surface area contributed by atoms with Crippen LogP contribution in [0.1, 0.15) is 27.7 Å². The van der Waals surface area contributed by atoms with Crippen LogP contribution < -0.4 is 5.14 Å². The monoisotopic (exact) mass is 381 g/mol. The van der Waals surface area contributed by atoms with E-state index in [1.54, 1.807) is 27.7 Å². The normalized spacial score (nSPS) is 41.0. The molecule has 23 heavy (non-hydrogen) atoms. The van der Waals surface area contributed by atoms with Crippen LogP contribution in [0.25, 0.3) is 0 Å². The number of ether oxygens (including phenoxy) is 5. The van der Waals surface area contributed by atoms with E-state index in [-0.39, 0.29) is 50.4 Å². The van der Waals surface area contributed by atoms with Crippen LogP contribution in [0.4, 0.5) is 0 Å². The molecule has 9 nitrogen and oxygen atoms in total. The zero-order valence-electron chi connectivity index (χ0n) is 12.9. The van der Waals surface area contributed by atoms with Gasteiger partial charge < -0.3 is 23.7 Å². The second-order valence-corrected chi connectivity index (χ2v) is 7.78. The maximum absolute atomic E-state index is 11.1. The van der Waals surface area contributed by atoms with Gasteiger partial charge in [0.25, 0.3) is 0 Å². The van der Waals surface area contributed by atoms with E-state index < -0.39 is 46.5 Å². The molecule has 0 aromatic carbocycles. The molecule has 0 amide bonds. The van der Waals surface area contributed by atoms with Gasteiger partial charge in [0, 0.05) is 0 Å². The molecule has 4 atom stereocenters. The van der Waals surface area contributed by atoms with Gasteiger partial charge in [-0.3, -0.25) is 4.18 Å². The summed E-state index contributed by atoms with van der Waals surface area (Å²) >= 11 is 0. The Bertz CT molecular complexity index is 567. The summed E-state index contributed by atoms with van der Waals surface area (Å²) in [5.41, 5.74) is 0. The maximum atomic E-state index is 11.1. The second-order valence-electron chi connectivity index (χ2n) is 6.56. The van der Waals surface area contributed by atoms with Crippen molar-refractivity contribution >= 4 is 48.0 Å². The molecule has 0 unspecified atom stereocenters. The molecule has 0 radical (unpaired) electrons. The van der Waals surface area contributed by atoms with Gasteiger partial charge in [0.1, 0.15) is 24.9 Å². The first-order chi connectivity index (χ1) is 9.92. The van der Waals surface area contributed by atoms with Crippen molar-refractivity contribution in [1.82, 2.24) is 0 Å². The fourth-order valence-corrected chi connectivity index (χ4v) is 3.44. The van der Waals surface area contributed by atoms with Crippen molar-refractivity contribution in [3.8, 4) is 0 Å². The van der Waals surface area contributed by atoms with Crippen molar-refractivity contribution < 1.29 is 36.3 Å². The number of rotatable bonds is 3. The van der Waals surface area contributed by atoms with Crippen LogP contribution >= 0.6 is 0 Å². The van der Waals surface area contributed by atoms with Crippen LogP contribution in [-0.2, 0) is 38.2 Å². The average Bonchev–Trinajstić information content (AvgIpc) is 2.78. The Labute approximate surface area is 165 Å². The van der Waals surface area contributed by atoms with Crippen LogP contribution in [0, 0.1) is 0 Å². The SMILES string of the molecule is CC1(C)O[C@@H]2[C@@H](CO[C@@]3(COS(N)(=O)=O)OC(C)(C)O[C@@H]23)O1.[CaH2]. The first-order valence-electron chi connectivity index (χ1n) is 6.96. The molecule has 3 rings (SSSR count). The summed E-state index contributed by atoms with van der Waals surface area (Å²) in [7, 11) is -4.14. The van der Waals surface area contributed by atoms with Gasteiger partial charge in [0.2, 0.25) is 5.79 Å². The molecule has 11 heteroatoms. The number of hydrogen-bond donors (Lipinski definition) is 1. The Hall–Kier alpha value is 0.930. The Morgan fingerprint density at radius 2 is 1.78 bits per heavy atom. The molecule has 3 aliphatic heterocycles. The second kappa shape index (κ2) is 6.27. The fourth-order valence-electron chi connectivity index (χ4n) is 3.11. The van der Waals surface area contributed by atoms with Crippen molar-refractivity contribution in [1.29, 1.82) is 0 Å². The summed E-state index contributed by atoms with van der Waals surface area (Å²) < 4.78 is 55.9. The molecule has 0 spiro atoms. The average molecular weight is 381 g/mol. The standard InChI is InChI=1S/C12H21NO8S.Ca.2H/c1-10(2)18-7-5-16-12(6-17-22(13,14)15)9(8(7)19-10)20-11(3,4)21-12;;;/h7-9H,5-6H2,1-4H3,(H2,13,14,15);;;/t7-,8-,9+,12+;;;/m1.../s1. The Morgan fingerprint density at radius 3 is 2.39 bits per heavy atom. The number of fused-ring (bicyclic) bond motifs is 3. The quantitative estimate of drug-likeness (QED) is 0.599. The zero-order chi connectivity index (χ0) is 16.4. The Kier molecular flexibility index (Phi) is 5.52. The minimum absolute atomic E-state index is 0. The van der Waals surface area contributed by atoms with Crippen molar-refractivity contribution in [2.75, 3.05) is 13.2 Å². The van der Waals surface area contributed by atoms with Crippen LogP contribution in [0.2, 0.25) is 0 Å². The minimum atomic E-state index is -4.14. The van der Waals surface area contributed by atoms with Crippen molar-refractivity contribution in [3.63, 3.8) is 0 Å². The van der Waals surface area contributed by atoms with Gasteiger partial charge in [-0.15, -0.1) is 0 Å². The third kappa shape index (κ3) is 4.20. The van der Waals surface area contributed by atoms with E-state index in [9.17, 15) is 8.42 Å². The predicted octanol–water partition coefficient (Wildman–Crippen LogP) is -1.31. The molecule has 132 valence electrons. The zero-order valence-corrected chi connectivity index (χ0v) is 13.7. The third-order valence-corrected chi connectivity index (χ3v) is 4.15. The van der Waals surface area contributed by atoms with Gasteiger partial charge in [-0.2, -0.15) is 8.42 Å². The van der Waals surface area contributed by atoms with Gasteiger partial charge >= 0.3 is 48.0 Å². The molecule has 0 saturated carbocycles. The van der Waals surface area contributed by atoms with Crippen LogP contribution in [0.3, 0.4) is 0 Å². The molecule has 3 aliphatic rings. The predicted molar refractivity (Wildman–Crippen MR) is 80.1 cm³/mol. The molecule has 3 heterocycles. The van der Waals surface area contributed by atoms with Gasteiger partial charge in [-0.05, 0) is 27.7 Å². The first-order valence-corrected chi connectivity index (χ1v) is 8.43. The summed E-state index contributed by atoms with van der Waals surface area (Å²) in [6.07, 6.45) is -1.50. The van der Waals surface area contributed by atoms with Crippen molar-refractivity contribution in [3.05, 3.63) is 0 Å². The van der Waals surface area contributed by atoms with E-state index in [2.05, 4.69) is 0 Å². The summed E-state index contributed by atoms with van der Waals surface area (Å²) in [5.74, 6) is -3.19. The number of hydrogen-bond acceptors (Lipinski definition) is 8. The fraction of sp³-hybridized carbons (Fsp3) is 1.00. The van der Waals surface area contributed by atoms with Gasteiger partial charge in [-0.25, -0.2) is 5.14 Å². The molecular weight excluding hydrogens is 358 g/mol. The Morgan fingerprint density at radius 1 is 1.13 bits per heavy atom. The van der Waals surface area contributed by atoms with Gasteiger partial charge in [0.15, 0.2) is 11.6 Å². The van der Waals surface area contributed by atoms with E-state index >= 15 is 0 Å². The summed E-state index contributed by atoms with van der Waals surface area (Å²) in [4.78, 5) is 0. The van der Waals surface area contributed by atoms with Crippen LogP contribution in [0.15, 0.2) is 0 Å². The van der Waals surface area contributed by atoms with E-state index in [0.717, 1.165) is 0 Å². The van der Waals surface area contributed by atoms with Crippen LogP contribution in [0.5, 0.6) is 0 Å². The molecule has 2 N–H and O–H groups in total. The van der Waals surface area contributed by atoms with Crippen molar-refractivity contribution in [2.45, 2.75) is 63.4 Å². The molecule has 3 fully saturated rings. The van der Waals surface area contributed by atoms with Crippen LogP contribution in [-0.4, -0.2) is 95.0 Å². The summed E-state index contributed by atoms with van der Waals surface area (Å²) in [6, 6.07) is 0. The topological polar surface area (TPSA) is 116 Å². The molecule has 0 aliphatic carbocycles. The first kappa shape index (κ1) is 20.2. The van der Waals surface area contributed by atoms with Crippen molar-refractivity contribution in [2.24, 2.45) is 5.14 Å². The van der Waals surface area contributed by atoms with Gasteiger partial charge in [0.05, 0.1) is 6.61 Å². The molecular formula is C12H23CaNO8S. The summed E-state index contributed by atoms with van der Waals surface area (Å²) in [5, 5.41) is 4.89. The summed E-state index contributed by atoms with van der Waals surface area (Å²) in [6.45, 7) is 6.71. The van der Waals surface area contributed by atoms with E-state index in [1.165, 1.54) is 0 Å². The molecule has 0 aromatic heterocycles. The van der Waals surface area contributed by atoms with Gasteiger partial charge in [-0.1, -0.05) is 0 Å². The molecule has 0 aromatic rings. The third-order valence-electron chi connectivity index (χ3n) is 3.70. The van der Waals surface area contributed by atoms with E-state index in [1.807, 2.05) is 0 Å². The molecule has 3 saturated heterocycles. The van der Waals surface area contributed by atoms with E-state index in [0.29, 0.717) is 0 Å².